The highest BCUT2D eigenvalue weighted by Crippen LogP contribution is 2.27. The van der Waals surface area contributed by atoms with Crippen molar-refractivity contribution in [2.45, 2.75) is 40.7 Å². The highest BCUT2D eigenvalue weighted by molar-refractivity contribution is 5.90. The zero-order valence-electron chi connectivity index (χ0n) is 11.8. The topological polar surface area (TPSA) is 22.0 Å². The van der Waals surface area contributed by atoms with Crippen molar-refractivity contribution in [3.63, 3.8) is 0 Å². The molecule has 1 atom stereocenters. The van der Waals surface area contributed by atoms with E-state index < -0.39 is 0 Å². The van der Waals surface area contributed by atoms with Crippen LogP contribution in [-0.4, -0.2) is 10.4 Å². The van der Waals surface area contributed by atoms with E-state index in [4.69, 9.17) is 0 Å². The highest BCUT2D eigenvalue weighted by atomic mass is 16.1. The van der Waals surface area contributed by atoms with Crippen LogP contribution in [0.15, 0.2) is 30.5 Å². The Morgan fingerprint density at radius 1 is 1.22 bits per heavy atom. The van der Waals surface area contributed by atoms with Crippen LogP contribution in [0.2, 0.25) is 0 Å². The molecule has 96 valence electrons. The summed E-state index contributed by atoms with van der Waals surface area (Å²) in [5.41, 5.74) is 2.07. The molecule has 1 unspecified atom stereocenters. The summed E-state index contributed by atoms with van der Waals surface area (Å²) in [6.07, 6.45) is 2.01. The van der Waals surface area contributed by atoms with Crippen LogP contribution in [0.3, 0.4) is 0 Å². The highest BCUT2D eigenvalue weighted by Gasteiger charge is 2.28. The second kappa shape index (κ2) is 4.27. The van der Waals surface area contributed by atoms with E-state index in [1.165, 1.54) is 10.9 Å². The van der Waals surface area contributed by atoms with Crippen LogP contribution < -0.4 is 0 Å². The maximum Gasteiger partial charge on any atom is 0.160 e. The molecule has 0 radical (unpaired) electrons. The fourth-order valence-corrected chi connectivity index (χ4v) is 2.37. The summed E-state index contributed by atoms with van der Waals surface area (Å²) in [5, 5.41) is 1.20. The van der Waals surface area contributed by atoms with E-state index in [-0.39, 0.29) is 17.2 Å². The third-order valence-electron chi connectivity index (χ3n) is 3.41. The lowest BCUT2D eigenvalue weighted by atomic mass is 9.87. The molecular formula is C16H21NO. The Labute approximate surface area is 109 Å². The molecule has 0 bridgehead atoms. The van der Waals surface area contributed by atoms with Gasteiger partial charge in [-0.3, -0.25) is 4.79 Å². The lowest BCUT2D eigenvalue weighted by molar-refractivity contribution is -0.129. The first kappa shape index (κ1) is 12.9. The maximum absolute atomic E-state index is 12.4. The summed E-state index contributed by atoms with van der Waals surface area (Å²) in [6.45, 7) is 9.98. The van der Waals surface area contributed by atoms with Crippen LogP contribution in [0.4, 0.5) is 0 Å². The monoisotopic (exact) mass is 243 g/mol. The van der Waals surface area contributed by atoms with Gasteiger partial charge in [-0.1, -0.05) is 32.4 Å². The largest absolute Gasteiger partial charge is 0.337 e. The molecule has 0 aliphatic rings. The van der Waals surface area contributed by atoms with Gasteiger partial charge >= 0.3 is 0 Å². The molecular weight excluding hydrogens is 222 g/mol. The first-order chi connectivity index (χ1) is 8.30. The number of hydrogen-bond acceptors (Lipinski definition) is 1. The van der Waals surface area contributed by atoms with E-state index in [1.807, 2.05) is 33.9 Å². The third-order valence-corrected chi connectivity index (χ3v) is 3.41. The molecule has 2 heteroatoms. The lowest BCUT2D eigenvalue weighted by Crippen LogP contribution is -2.28. The van der Waals surface area contributed by atoms with Gasteiger partial charge in [0.15, 0.2) is 5.78 Å². The zero-order valence-corrected chi connectivity index (χ0v) is 11.8. The van der Waals surface area contributed by atoms with E-state index in [9.17, 15) is 4.79 Å². The van der Waals surface area contributed by atoms with Crippen LogP contribution in [0, 0.1) is 12.3 Å². The van der Waals surface area contributed by atoms with Gasteiger partial charge in [-0.15, -0.1) is 0 Å². The van der Waals surface area contributed by atoms with E-state index in [0.717, 1.165) is 5.52 Å². The summed E-state index contributed by atoms with van der Waals surface area (Å²) in [7, 11) is 0. The number of nitrogens with zero attached hydrogens (tertiary/aromatic N) is 1. The van der Waals surface area contributed by atoms with Crippen LogP contribution in [0.25, 0.3) is 10.9 Å². The minimum atomic E-state index is -0.305. The standard InChI is InChI=1S/C16H21NO/c1-11-6-7-14-13(10-11)8-9-17(14)12(2)15(18)16(3,4)5/h6-10,12H,1-5H3. The summed E-state index contributed by atoms with van der Waals surface area (Å²) in [4.78, 5) is 12.4. The number of ketones is 1. The molecule has 1 heterocycles. The molecule has 0 N–H and O–H groups in total. The van der Waals surface area contributed by atoms with E-state index in [0.29, 0.717) is 0 Å². The van der Waals surface area contributed by atoms with E-state index in [2.05, 4.69) is 35.8 Å². The number of aromatic nitrogens is 1. The molecule has 2 rings (SSSR count). The van der Waals surface area contributed by atoms with Gasteiger partial charge in [0.1, 0.15) is 0 Å². The maximum atomic E-state index is 12.4. The van der Waals surface area contributed by atoms with Crippen LogP contribution in [0.5, 0.6) is 0 Å². The molecule has 2 nitrogen and oxygen atoms in total. The second-order valence-corrected chi connectivity index (χ2v) is 6.08. The minimum Gasteiger partial charge on any atom is -0.337 e. The Hall–Kier alpha value is -1.57. The van der Waals surface area contributed by atoms with Gasteiger partial charge < -0.3 is 4.57 Å². The van der Waals surface area contributed by atoms with Crippen molar-refractivity contribution in [1.82, 2.24) is 4.57 Å². The Bertz CT molecular complexity index is 587. The zero-order chi connectivity index (χ0) is 13.5. The molecule has 0 amide bonds. The molecule has 18 heavy (non-hydrogen) atoms. The van der Waals surface area contributed by atoms with Gasteiger partial charge in [0.25, 0.3) is 0 Å². The first-order valence-corrected chi connectivity index (χ1v) is 6.42. The summed E-state index contributed by atoms with van der Waals surface area (Å²) in [6, 6.07) is 8.30. The van der Waals surface area contributed by atoms with Crippen molar-refractivity contribution in [1.29, 1.82) is 0 Å². The van der Waals surface area contributed by atoms with Crippen molar-refractivity contribution >= 4 is 16.7 Å². The fraction of sp³-hybridized carbons (Fsp3) is 0.438. The molecule has 0 aliphatic heterocycles. The smallest absolute Gasteiger partial charge is 0.160 e. The van der Waals surface area contributed by atoms with Crippen LogP contribution in [-0.2, 0) is 4.79 Å². The Morgan fingerprint density at radius 3 is 2.50 bits per heavy atom. The number of hydrogen-bond donors (Lipinski definition) is 0. The summed E-state index contributed by atoms with van der Waals surface area (Å²) in [5.74, 6) is 0.264. The molecule has 0 saturated carbocycles. The summed E-state index contributed by atoms with van der Waals surface area (Å²) >= 11 is 0. The van der Waals surface area contributed by atoms with Crippen LogP contribution >= 0.6 is 0 Å². The molecule has 1 aromatic carbocycles. The Kier molecular flexibility index (Phi) is 3.05. The van der Waals surface area contributed by atoms with Gasteiger partial charge in [-0.05, 0) is 37.4 Å². The van der Waals surface area contributed by atoms with Crippen molar-refractivity contribution < 1.29 is 4.79 Å². The SMILES string of the molecule is Cc1ccc2c(ccn2C(C)C(=O)C(C)(C)C)c1. The fourth-order valence-electron chi connectivity index (χ4n) is 2.37. The molecule has 2 aromatic rings. The average molecular weight is 243 g/mol. The Balaban J connectivity index is 2.46. The molecule has 1 aromatic heterocycles. The van der Waals surface area contributed by atoms with Crippen molar-refractivity contribution in [2.24, 2.45) is 5.41 Å². The van der Waals surface area contributed by atoms with Crippen molar-refractivity contribution in [3.05, 3.63) is 36.0 Å². The van der Waals surface area contributed by atoms with Crippen molar-refractivity contribution in [2.75, 3.05) is 0 Å². The number of rotatable bonds is 2. The predicted octanol–water partition coefficient (Wildman–Crippen LogP) is 4.13. The van der Waals surface area contributed by atoms with Crippen molar-refractivity contribution in [3.8, 4) is 0 Å². The number of carbonyl (C=O) groups is 1. The minimum absolute atomic E-state index is 0.120. The normalized spacial score (nSPS) is 13.8. The quantitative estimate of drug-likeness (QED) is 0.777. The number of carbonyl (C=O) groups excluding carboxylic acids is 1. The molecule has 0 fully saturated rings. The van der Waals surface area contributed by atoms with Gasteiger partial charge in [-0.25, -0.2) is 0 Å². The number of aryl methyl sites for hydroxylation is 1. The first-order valence-electron chi connectivity index (χ1n) is 6.42. The number of fused-ring (bicyclic) bond motifs is 1. The van der Waals surface area contributed by atoms with Gasteiger partial charge in [-0.2, -0.15) is 0 Å². The summed E-state index contributed by atoms with van der Waals surface area (Å²) < 4.78 is 2.07. The number of Topliss-reactive ketones (excluding diaryl/α,β-unsaturated/α-hetero) is 1. The lowest BCUT2D eigenvalue weighted by Gasteiger charge is -2.23. The van der Waals surface area contributed by atoms with Gasteiger partial charge in [0, 0.05) is 17.1 Å². The van der Waals surface area contributed by atoms with Crippen LogP contribution in [0.1, 0.15) is 39.3 Å². The molecule has 0 spiro atoms. The third kappa shape index (κ3) is 2.20. The molecule has 0 aliphatic carbocycles. The predicted molar refractivity (Wildman–Crippen MR) is 75.8 cm³/mol. The molecule has 0 saturated heterocycles. The van der Waals surface area contributed by atoms with Gasteiger partial charge in [0.2, 0.25) is 0 Å². The van der Waals surface area contributed by atoms with Gasteiger partial charge in [0.05, 0.1) is 6.04 Å². The average Bonchev–Trinajstić information content (AvgIpc) is 2.68. The Morgan fingerprint density at radius 2 is 1.89 bits per heavy atom. The van der Waals surface area contributed by atoms with E-state index >= 15 is 0 Å². The van der Waals surface area contributed by atoms with E-state index in [1.54, 1.807) is 0 Å². The number of benzene rings is 1. The second-order valence-electron chi connectivity index (χ2n) is 6.08.